The van der Waals surface area contributed by atoms with E-state index >= 15 is 0 Å². The molecule has 0 spiro atoms. The first-order valence-electron chi connectivity index (χ1n) is 5.34. The van der Waals surface area contributed by atoms with Crippen molar-refractivity contribution in [3.8, 4) is 0 Å². The molecule has 0 aliphatic carbocycles. The zero-order chi connectivity index (χ0) is 13.0. The molecule has 94 valence electrons. The molecular formula is C13H13NO2S2. The summed E-state index contributed by atoms with van der Waals surface area (Å²) in [6.07, 6.45) is 1.95. The van der Waals surface area contributed by atoms with Gasteiger partial charge in [0.1, 0.15) is 0 Å². The Hall–Kier alpha value is -1.46. The van der Waals surface area contributed by atoms with E-state index in [-0.39, 0.29) is 4.90 Å². The highest BCUT2D eigenvalue weighted by Crippen LogP contribution is 2.19. The molecule has 0 saturated heterocycles. The molecule has 0 unspecified atom stereocenters. The number of nitrogens with one attached hydrogen (secondary N) is 1. The van der Waals surface area contributed by atoms with E-state index in [1.54, 1.807) is 60.3 Å². The van der Waals surface area contributed by atoms with E-state index in [9.17, 15) is 8.42 Å². The average molecular weight is 279 g/mol. The molecule has 0 heterocycles. The summed E-state index contributed by atoms with van der Waals surface area (Å²) in [5.74, 6) is 0. The Morgan fingerprint density at radius 2 is 1.56 bits per heavy atom. The fourth-order valence-electron chi connectivity index (χ4n) is 1.48. The van der Waals surface area contributed by atoms with E-state index < -0.39 is 10.0 Å². The van der Waals surface area contributed by atoms with Gasteiger partial charge in [-0.05, 0) is 42.7 Å². The third kappa shape index (κ3) is 3.05. The first-order valence-corrected chi connectivity index (χ1v) is 8.04. The van der Waals surface area contributed by atoms with Crippen LogP contribution in [0.15, 0.2) is 64.4 Å². The van der Waals surface area contributed by atoms with Crippen molar-refractivity contribution in [2.45, 2.75) is 9.79 Å². The van der Waals surface area contributed by atoms with E-state index in [4.69, 9.17) is 0 Å². The molecule has 0 aliphatic heterocycles. The van der Waals surface area contributed by atoms with Crippen LogP contribution in [0.25, 0.3) is 0 Å². The Morgan fingerprint density at radius 3 is 2.11 bits per heavy atom. The Morgan fingerprint density at radius 1 is 0.944 bits per heavy atom. The van der Waals surface area contributed by atoms with Gasteiger partial charge in [0.15, 0.2) is 0 Å². The number of sulfonamides is 1. The van der Waals surface area contributed by atoms with Gasteiger partial charge in [-0.25, -0.2) is 8.42 Å². The van der Waals surface area contributed by atoms with Gasteiger partial charge in [0.25, 0.3) is 10.0 Å². The zero-order valence-electron chi connectivity index (χ0n) is 9.83. The van der Waals surface area contributed by atoms with Crippen LogP contribution in [0, 0.1) is 0 Å². The lowest BCUT2D eigenvalue weighted by molar-refractivity contribution is 0.601. The highest BCUT2D eigenvalue weighted by atomic mass is 32.2. The molecule has 0 amide bonds. The summed E-state index contributed by atoms with van der Waals surface area (Å²) in [7, 11) is -3.50. The second-order valence-electron chi connectivity index (χ2n) is 3.65. The van der Waals surface area contributed by atoms with Crippen molar-refractivity contribution in [3.05, 3.63) is 54.6 Å². The molecule has 18 heavy (non-hydrogen) atoms. The van der Waals surface area contributed by atoms with Gasteiger partial charge in [-0.3, -0.25) is 4.72 Å². The van der Waals surface area contributed by atoms with Gasteiger partial charge in [-0.15, -0.1) is 11.8 Å². The SMILES string of the molecule is CSc1ccc(S(=O)(=O)Nc2ccccc2)cc1. The summed E-state index contributed by atoms with van der Waals surface area (Å²) in [5.41, 5.74) is 0.562. The van der Waals surface area contributed by atoms with Gasteiger partial charge in [-0.2, -0.15) is 0 Å². The fraction of sp³-hybridized carbons (Fsp3) is 0.0769. The molecule has 3 nitrogen and oxygen atoms in total. The maximum atomic E-state index is 12.1. The van der Waals surface area contributed by atoms with Crippen molar-refractivity contribution in [2.24, 2.45) is 0 Å². The molecule has 5 heteroatoms. The van der Waals surface area contributed by atoms with Crippen LogP contribution < -0.4 is 4.72 Å². The second kappa shape index (κ2) is 5.46. The zero-order valence-corrected chi connectivity index (χ0v) is 11.5. The predicted octanol–water partition coefficient (Wildman–Crippen LogP) is 3.21. The summed E-state index contributed by atoms with van der Waals surface area (Å²) >= 11 is 1.58. The van der Waals surface area contributed by atoms with Crippen molar-refractivity contribution in [1.29, 1.82) is 0 Å². The van der Waals surface area contributed by atoms with E-state index in [2.05, 4.69) is 4.72 Å². The van der Waals surface area contributed by atoms with E-state index in [0.717, 1.165) is 4.90 Å². The molecular weight excluding hydrogens is 266 g/mol. The Bertz CT molecular complexity index is 607. The van der Waals surface area contributed by atoms with Gasteiger partial charge in [0, 0.05) is 10.6 Å². The minimum absolute atomic E-state index is 0.268. The van der Waals surface area contributed by atoms with Gasteiger partial charge >= 0.3 is 0 Å². The summed E-state index contributed by atoms with van der Waals surface area (Å²) < 4.78 is 26.7. The lowest BCUT2D eigenvalue weighted by Gasteiger charge is -2.08. The van der Waals surface area contributed by atoms with Crippen molar-refractivity contribution < 1.29 is 8.42 Å². The first-order chi connectivity index (χ1) is 8.62. The monoisotopic (exact) mass is 279 g/mol. The summed E-state index contributed by atoms with van der Waals surface area (Å²) in [5, 5.41) is 0. The van der Waals surface area contributed by atoms with Crippen LogP contribution in [0.4, 0.5) is 5.69 Å². The average Bonchev–Trinajstić information content (AvgIpc) is 2.39. The Balaban J connectivity index is 2.25. The van der Waals surface area contributed by atoms with Gasteiger partial charge < -0.3 is 0 Å². The Kier molecular flexibility index (Phi) is 3.93. The molecule has 2 aromatic carbocycles. The van der Waals surface area contributed by atoms with Crippen LogP contribution in [0.2, 0.25) is 0 Å². The fourth-order valence-corrected chi connectivity index (χ4v) is 2.94. The third-order valence-electron chi connectivity index (χ3n) is 2.40. The lowest BCUT2D eigenvalue weighted by Crippen LogP contribution is -2.12. The lowest BCUT2D eigenvalue weighted by atomic mass is 10.3. The molecule has 2 aromatic rings. The minimum atomic E-state index is -3.50. The largest absolute Gasteiger partial charge is 0.280 e. The molecule has 2 rings (SSSR count). The van der Waals surface area contributed by atoms with Crippen molar-refractivity contribution in [3.63, 3.8) is 0 Å². The number of hydrogen-bond donors (Lipinski definition) is 1. The summed E-state index contributed by atoms with van der Waals surface area (Å²) in [4.78, 5) is 1.30. The molecule has 0 radical (unpaired) electrons. The van der Waals surface area contributed by atoms with Crippen LogP contribution >= 0.6 is 11.8 Å². The number of benzene rings is 2. The normalized spacial score (nSPS) is 11.2. The maximum absolute atomic E-state index is 12.1. The Labute approximate surface area is 111 Å². The van der Waals surface area contributed by atoms with Crippen LogP contribution in [-0.2, 0) is 10.0 Å². The van der Waals surface area contributed by atoms with Crippen molar-refractivity contribution in [2.75, 3.05) is 11.0 Å². The molecule has 0 saturated carbocycles. The van der Waals surface area contributed by atoms with Gasteiger partial charge in [0.05, 0.1) is 4.90 Å². The topological polar surface area (TPSA) is 46.2 Å². The molecule has 0 aliphatic rings. The van der Waals surface area contributed by atoms with E-state index in [1.807, 2.05) is 12.3 Å². The molecule has 1 N–H and O–H groups in total. The first kappa shape index (κ1) is 13.0. The highest BCUT2D eigenvalue weighted by Gasteiger charge is 2.13. The number of rotatable bonds is 4. The second-order valence-corrected chi connectivity index (χ2v) is 6.21. The van der Waals surface area contributed by atoms with Crippen LogP contribution in [0.1, 0.15) is 0 Å². The quantitative estimate of drug-likeness (QED) is 0.874. The standard InChI is InChI=1S/C13H13NO2S2/c1-17-12-7-9-13(10-8-12)18(15,16)14-11-5-3-2-4-6-11/h2-10,14H,1H3. The highest BCUT2D eigenvalue weighted by molar-refractivity contribution is 7.98. The molecule has 0 bridgehead atoms. The van der Waals surface area contributed by atoms with Crippen LogP contribution in [0.5, 0.6) is 0 Å². The number of para-hydroxylation sites is 1. The van der Waals surface area contributed by atoms with Crippen LogP contribution in [-0.4, -0.2) is 14.7 Å². The minimum Gasteiger partial charge on any atom is -0.280 e. The van der Waals surface area contributed by atoms with Crippen molar-refractivity contribution in [1.82, 2.24) is 0 Å². The molecule has 0 atom stereocenters. The molecule has 0 fully saturated rings. The number of hydrogen-bond acceptors (Lipinski definition) is 3. The predicted molar refractivity (Wildman–Crippen MR) is 75.5 cm³/mol. The molecule has 0 aromatic heterocycles. The summed E-state index contributed by atoms with van der Waals surface area (Å²) in [6, 6.07) is 15.7. The van der Waals surface area contributed by atoms with E-state index in [1.165, 1.54) is 0 Å². The number of anilines is 1. The smallest absolute Gasteiger partial charge is 0.261 e. The van der Waals surface area contributed by atoms with Gasteiger partial charge in [-0.1, -0.05) is 18.2 Å². The van der Waals surface area contributed by atoms with Crippen LogP contribution in [0.3, 0.4) is 0 Å². The third-order valence-corrected chi connectivity index (χ3v) is 4.54. The summed E-state index contributed by atoms with van der Waals surface area (Å²) in [6.45, 7) is 0. The van der Waals surface area contributed by atoms with E-state index in [0.29, 0.717) is 5.69 Å². The van der Waals surface area contributed by atoms with Gasteiger partial charge in [0.2, 0.25) is 0 Å². The number of thioether (sulfide) groups is 1. The maximum Gasteiger partial charge on any atom is 0.261 e. The van der Waals surface area contributed by atoms with Crippen molar-refractivity contribution >= 4 is 27.5 Å².